The lowest BCUT2D eigenvalue weighted by molar-refractivity contribution is -0.120. The quantitative estimate of drug-likeness (QED) is 0.702. The van der Waals surface area contributed by atoms with Crippen LogP contribution in [0.5, 0.6) is 0 Å². The van der Waals surface area contributed by atoms with Gasteiger partial charge in [0.1, 0.15) is 6.04 Å². The highest BCUT2D eigenvalue weighted by atomic mass is 16.1. The van der Waals surface area contributed by atoms with E-state index in [1.165, 1.54) is 0 Å². The average molecular weight is 196 g/mol. The molecule has 14 heavy (non-hydrogen) atoms. The fourth-order valence-corrected chi connectivity index (χ4v) is 1.64. The molecule has 0 bridgehead atoms. The van der Waals surface area contributed by atoms with Crippen molar-refractivity contribution in [3.63, 3.8) is 0 Å². The van der Waals surface area contributed by atoms with Gasteiger partial charge in [-0.1, -0.05) is 0 Å². The number of nitrogens with one attached hydrogen (secondary N) is 1. The fourth-order valence-electron chi connectivity index (χ4n) is 1.64. The molecule has 78 valence electrons. The third-order valence-electron chi connectivity index (χ3n) is 2.43. The van der Waals surface area contributed by atoms with E-state index in [1.54, 1.807) is 11.7 Å². The van der Waals surface area contributed by atoms with Crippen LogP contribution in [-0.2, 0) is 11.8 Å². The Kier molecular flexibility index (Phi) is 2.90. The van der Waals surface area contributed by atoms with Gasteiger partial charge in [0.2, 0.25) is 5.91 Å². The van der Waals surface area contributed by atoms with Crippen LogP contribution < -0.4 is 11.1 Å². The van der Waals surface area contributed by atoms with Crippen LogP contribution >= 0.6 is 0 Å². The number of hydrogen-bond donors (Lipinski definition) is 2. The van der Waals surface area contributed by atoms with Crippen molar-refractivity contribution in [3.8, 4) is 0 Å². The minimum Gasteiger partial charge on any atom is -0.368 e. The van der Waals surface area contributed by atoms with E-state index in [9.17, 15) is 4.79 Å². The zero-order valence-electron chi connectivity index (χ0n) is 8.96. The molecule has 0 aliphatic carbocycles. The smallest absolute Gasteiger partial charge is 0.239 e. The predicted octanol–water partition coefficient (Wildman–Crippen LogP) is -0.217. The van der Waals surface area contributed by atoms with Gasteiger partial charge in [-0.2, -0.15) is 5.10 Å². The number of aromatic nitrogens is 2. The fraction of sp³-hybridized carbons (Fsp3) is 0.556. The summed E-state index contributed by atoms with van der Waals surface area (Å²) in [5, 5.41) is 7.12. The van der Waals surface area contributed by atoms with E-state index in [-0.39, 0.29) is 5.91 Å². The molecule has 1 aromatic rings. The molecule has 1 rings (SSSR count). The van der Waals surface area contributed by atoms with Crippen molar-refractivity contribution in [3.05, 3.63) is 17.0 Å². The van der Waals surface area contributed by atoms with E-state index in [1.807, 2.05) is 20.9 Å². The number of nitrogens with zero attached hydrogens (tertiary/aromatic N) is 2. The van der Waals surface area contributed by atoms with Gasteiger partial charge < -0.3 is 11.1 Å². The Morgan fingerprint density at radius 2 is 2.14 bits per heavy atom. The molecule has 5 heteroatoms. The molecule has 0 aliphatic heterocycles. The Bertz CT molecular complexity index is 356. The Morgan fingerprint density at radius 1 is 1.57 bits per heavy atom. The molecule has 0 aliphatic rings. The van der Waals surface area contributed by atoms with Crippen molar-refractivity contribution in [2.75, 3.05) is 7.05 Å². The Balaban J connectivity index is 3.22. The van der Waals surface area contributed by atoms with Crippen LogP contribution in [0, 0.1) is 13.8 Å². The second kappa shape index (κ2) is 3.79. The number of carbonyl (C=O) groups is 1. The summed E-state index contributed by atoms with van der Waals surface area (Å²) in [6.45, 7) is 3.79. The lowest BCUT2D eigenvalue weighted by Crippen LogP contribution is -2.32. The zero-order chi connectivity index (χ0) is 10.9. The molecule has 1 amide bonds. The molecule has 1 atom stereocenters. The average Bonchev–Trinajstić information content (AvgIpc) is 2.32. The van der Waals surface area contributed by atoms with Crippen LogP contribution in [0.4, 0.5) is 0 Å². The second-order valence-corrected chi connectivity index (χ2v) is 3.33. The molecular formula is C9H16N4O. The van der Waals surface area contributed by atoms with E-state index in [4.69, 9.17) is 5.73 Å². The van der Waals surface area contributed by atoms with Crippen LogP contribution in [0.3, 0.4) is 0 Å². The van der Waals surface area contributed by atoms with Crippen LogP contribution in [-0.4, -0.2) is 22.7 Å². The number of primary amides is 1. The van der Waals surface area contributed by atoms with Crippen molar-refractivity contribution in [1.29, 1.82) is 0 Å². The standard InChI is InChI=1S/C9H16N4O/c1-5-7(6(2)13(4)12-5)8(11-3)9(10)14/h8,11H,1-4H3,(H2,10,14). The van der Waals surface area contributed by atoms with Crippen LogP contribution in [0.2, 0.25) is 0 Å². The molecule has 0 saturated carbocycles. The molecule has 0 saturated heterocycles. The van der Waals surface area contributed by atoms with E-state index in [2.05, 4.69) is 10.4 Å². The van der Waals surface area contributed by atoms with Crippen molar-refractivity contribution >= 4 is 5.91 Å². The van der Waals surface area contributed by atoms with Crippen molar-refractivity contribution in [2.45, 2.75) is 19.9 Å². The van der Waals surface area contributed by atoms with Gasteiger partial charge in [0.05, 0.1) is 5.69 Å². The first-order chi connectivity index (χ1) is 6.49. The number of aryl methyl sites for hydroxylation is 2. The normalized spacial score (nSPS) is 12.9. The first-order valence-corrected chi connectivity index (χ1v) is 4.45. The van der Waals surface area contributed by atoms with Gasteiger partial charge in [-0.05, 0) is 20.9 Å². The van der Waals surface area contributed by atoms with Crippen LogP contribution in [0.25, 0.3) is 0 Å². The molecular weight excluding hydrogens is 180 g/mol. The van der Waals surface area contributed by atoms with E-state index in [0.29, 0.717) is 0 Å². The highest BCUT2D eigenvalue weighted by molar-refractivity contribution is 5.82. The summed E-state index contributed by atoms with van der Waals surface area (Å²) in [5.41, 5.74) is 7.96. The Morgan fingerprint density at radius 3 is 2.43 bits per heavy atom. The summed E-state index contributed by atoms with van der Waals surface area (Å²) >= 11 is 0. The summed E-state index contributed by atoms with van der Waals surface area (Å²) < 4.78 is 1.75. The molecule has 0 spiro atoms. The summed E-state index contributed by atoms with van der Waals surface area (Å²) in [6, 6.07) is -0.455. The maximum absolute atomic E-state index is 11.2. The van der Waals surface area contributed by atoms with Gasteiger partial charge in [-0.25, -0.2) is 0 Å². The Hall–Kier alpha value is -1.36. The lowest BCUT2D eigenvalue weighted by Gasteiger charge is -2.12. The van der Waals surface area contributed by atoms with Gasteiger partial charge in [-0.3, -0.25) is 9.48 Å². The van der Waals surface area contributed by atoms with Crippen LogP contribution in [0.1, 0.15) is 23.0 Å². The maximum atomic E-state index is 11.2. The maximum Gasteiger partial charge on any atom is 0.239 e. The van der Waals surface area contributed by atoms with Crippen LogP contribution in [0.15, 0.2) is 0 Å². The molecule has 0 radical (unpaired) electrons. The minimum absolute atomic E-state index is 0.383. The number of rotatable bonds is 3. The topological polar surface area (TPSA) is 72.9 Å². The molecule has 5 nitrogen and oxygen atoms in total. The number of likely N-dealkylation sites (N-methyl/N-ethyl adjacent to an activating group) is 1. The third-order valence-corrected chi connectivity index (χ3v) is 2.43. The number of hydrogen-bond acceptors (Lipinski definition) is 3. The molecule has 1 heterocycles. The minimum atomic E-state index is -0.455. The molecule has 3 N–H and O–H groups in total. The van der Waals surface area contributed by atoms with Gasteiger partial charge >= 0.3 is 0 Å². The number of amides is 1. The zero-order valence-corrected chi connectivity index (χ0v) is 8.96. The summed E-state index contributed by atoms with van der Waals surface area (Å²) in [6.07, 6.45) is 0. The highest BCUT2D eigenvalue weighted by Gasteiger charge is 2.22. The molecule has 0 fully saturated rings. The van der Waals surface area contributed by atoms with Crippen molar-refractivity contribution in [1.82, 2.24) is 15.1 Å². The van der Waals surface area contributed by atoms with Gasteiger partial charge in [-0.15, -0.1) is 0 Å². The molecule has 1 unspecified atom stereocenters. The second-order valence-electron chi connectivity index (χ2n) is 3.33. The Labute approximate surface area is 83.3 Å². The lowest BCUT2D eigenvalue weighted by atomic mass is 10.0. The molecule has 1 aromatic heterocycles. The highest BCUT2D eigenvalue weighted by Crippen LogP contribution is 2.20. The van der Waals surface area contributed by atoms with Crippen molar-refractivity contribution < 1.29 is 4.79 Å². The SMILES string of the molecule is CNC(C(N)=O)c1c(C)nn(C)c1C. The van der Waals surface area contributed by atoms with Gasteiger partial charge in [0.25, 0.3) is 0 Å². The first kappa shape index (κ1) is 10.7. The van der Waals surface area contributed by atoms with E-state index in [0.717, 1.165) is 17.0 Å². The third kappa shape index (κ3) is 1.63. The summed E-state index contributed by atoms with van der Waals surface area (Å²) in [7, 11) is 3.56. The van der Waals surface area contributed by atoms with Gasteiger partial charge in [0, 0.05) is 18.3 Å². The largest absolute Gasteiger partial charge is 0.368 e. The summed E-state index contributed by atoms with van der Waals surface area (Å²) in [5.74, 6) is -0.383. The first-order valence-electron chi connectivity index (χ1n) is 4.45. The number of carbonyl (C=O) groups excluding carboxylic acids is 1. The summed E-state index contributed by atoms with van der Waals surface area (Å²) in [4.78, 5) is 11.2. The predicted molar refractivity (Wildman–Crippen MR) is 53.7 cm³/mol. The van der Waals surface area contributed by atoms with E-state index < -0.39 is 6.04 Å². The monoisotopic (exact) mass is 196 g/mol. The van der Waals surface area contributed by atoms with E-state index >= 15 is 0 Å². The van der Waals surface area contributed by atoms with Crippen molar-refractivity contribution in [2.24, 2.45) is 12.8 Å². The van der Waals surface area contributed by atoms with Gasteiger partial charge in [0.15, 0.2) is 0 Å². The number of nitrogens with two attached hydrogens (primary N) is 1. The molecule has 0 aromatic carbocycles.